The summed E-state index contributed by atoms with van der Waals surface area (Å²) in [6.07, 6.45) is 3.19. The Hall–Kier alpha value is -4.57. The van der Waals surface area contributed by atoms with Crippen LogP contribution in [-0.4, -0.2) is 62.4 Å². The summed E-state index contributed by atoms with van der Waals surface area (Å²) in [5.41, 5.74) is 3.12. The number of aromatic nitrogens is 4. The zero-order valence-electron chi connectivity index (χ0n) is 24.5. The van der Waals surface area contributed by atoms with Crippen LogP contribution in [-0.2, 0) is 13.0 Å². The molecular formula is C32H28ClN7O4S. The van der Waals surface area contributed by atoms with Gasteiger partial charge in [0.1, 0.15) is 35.6 Å². The highest BCUT2D eigenvalue weighted by Crippen LogP contribution is 2.41. The van der Waals surface area contributed by atoms with Crippen molar-refractivity contribution >= 4 is 55.8 Å². The lowest BCUT2D eigenvalue weighted by molar-refractivity contribution is 0.0699. The third-order valence-corrected chi connectivity index (χ3v) is 9.68. The maximum Gasteiger partial charge on any atom is 0.338 e. The van der Waals surface area contributed by atoms with Gasteiger partial charge in [0.25, 0.3) is 5.56 Å². The summed E-state index contributed by atoms with van der Waals surface area (Å²) >= 11 is 7.74. The molecule has 1 aliphatic carbocycles. The normalized spacial score (nSPS) is 17.3. The van der Waals surface area contributed by atoms with Gasteiger partial charge in [-0.2, -0.15) is 5.26 Å². The third kappa shape index (κ3) is 5.07. The maximum atomic E-state index is 13.9. The number of nitriles is 1. The fraction of sp³-hybridized carbons (Fsp3) is 0.312. The van der Waals surface area contributed by atoms with E-state index in [1.807, 2.05) is 13.0 Å². The molecule has 0 spiro atoms. The number of halogens is 1. The van der Waals surface area contributed by atoms with E-state index >= 15 is 0 Å². The Balaban J connectivity index is 1.22. The molecular weight excluding hydrogens is 614 g/mol. The Morgan fingerprint density at radius 1 is 1.29 bits per heavy atom. The highest BCUT2D eigenvalue weighted by atomic mass is 35.5. The summed E-state index contributed by atoms with van der Waals surface area (Å²) in [5.74, 6) is 0.511. The van der Waals surface area contributed by atoms with Crippen LogP contribution < -0.4 is 20.5 Å². The molecule has 5 heterocycles. The molecule has 7 rings (SSSR count). The first-order valence-corrected chi connectivity index (χ1v) is 15.9. The van der Waals surface area contributed by atoms with Crippen LogP contribution in [0, 0.1) is 18.3 Å². The Labute approximate surface area is 266 Å². The number of fused-ring (bicyclic) bond motifs is 3. The number of nitrogens with one attached hydrogen (secondary N) is 1. The standard InChI is InChI=1S/C32H28ClN7O4S/c1-3-18-11-20(29-28(38-18)22(15-45-29)32(42)43)19-10-17(33)4-5-26(19)44-9-8-39-16(2)37-24-14-36-30(21(13-34)27(24)31(39)41)40-7-6-35-23-12-25(23)40/h4-5,10-11,14-15,23,25,35H,3,6-9,12H2,1-2H3,(H,42,43). The number of nitrogens with zero attached hydrogens (tertiary/aromatic N) is 6. The van der Waals surface area contributed by atoms with Crippen molar-refractivity contribution in [3.05, 3.63) is 73.9 Å². The van der Waals surface area contributed by atoms with E-state index in [-0.39, 0.29) is 41.3 Å². The van der Waals surface area contributed by atoms with Gasteiger partial charge in [0, 0.05) is 52.4 Å². The molecule has 1 saturated heterocycles. The molecule has 1 saturated carbocycles. The molecule has 2 N–H and O–H groups in total. The van der Waals surface area contributed by atoms with E-state index in [1.165, 1.54) is 15.9 Å². The van der Waals surface area contributed by atoms with Crippen molar-refractivity contribution in [2.24, 2.45) is 0 Å². The highest BCUT2D eigenvalue weighted by molar-refractivity contribution is 7.18. The van der Waals surface area contributed by atoms with Crippen molar-refractivity contribution in [3.8, 4) is 22.9 Å². The Kier molecular flexibility index (Phi) is 7.40. The van der Waals surface area contributed by atoms with E-state index in [9.17, 15) is 20.0 Å². The smallest absolute Gasteiger partial charge is 0.338 e. The van der Waals surface area contributed by atoms with Gasteiger partial charge in [-0.1, -0.05) is 18.5 Å². The molecule has 0 bridgehead atoms. The van der Waals surface area contributed by atoms with Crippen LogP contribution in [0.25, 0.3) is 32.2 Å². The molecule has 228 valence electrons. The molecule has 2 fully saturated rings. The number of pyridine rings is 2. The zero-order chi connectivity index (χ0) is 31.4. The van der Waals surface area contributed by atoms with Gasteiger partial charge in [0.15, 0.2) is 0 Å². The van der Waals surface area contributed by atoms with Gasteiger partial charge >= 0.3 is 5.97 Å². The van der Waals surface area contributed by atoms with Crippen LogP contribution in [0.15, 0.2) is 40.6 Å². The van der Waals surface area contributed by atoms with Gasteiger partial charge < -0.3 is 20.1 Å². The lowest BCUT2D eigenvalue weighted by atomic mass is 10.0. The number of aryl methyl sites for hydroxylation is 2. The van der Waals surface area contributed by atoms with Crippen molar-refractivity contribution in [1.82, 2.24) is 24.8 Å². The van der Waals surface area contributed by atoms with Crippen LogP contribution in [0.4, 0.5) is 5.82 Å². The molecule has 45 heavy (non-hydrogen) atoms. The SMILES string of the molecule is CCc1cc(-c2cc(Cl)ccc2OCCn2c(C)nc3cnc(N4CCNC5CC54)c(C#N)c3c2=O)c2scc(C(=O)O)c2n1. The van der Waals surface area contributed by atoms with Gasteiger partial charge in [0.2, 0.25) is 0 Å². The second-order valence-electron chi connectivity index (χ2n) is 11.1. The largest absolute Gasteiger partial charge is 0.491 e. The molecule has 0 amide bonds. The van der Waals surface area contributed by atoms with Crippen molar-refractivity contribution in [2.75, 3.05) is 24.6 Å². The van der Waals surface area contributed by atoms with E-state index in [1.54, 1.807) is 36.7 Å². The molecule has 0 radical (unpaired) electrons. The monoisotopic (exact) mass is 641 g/mol. The highest BCUT2D eigenvalue weighted by Gasteiger charge is 2.45. The predicted octanol–water partition coefficient (Wildman–Crippen LogP) is 4.79. The fourth-order valence-electron chi connectivity index (χ4n) is 6.12. The number of rotatable bonds is 8. The number of carboxylic acids is 1. The fourth-order valence-corrected chi connectivity index (χ4v) is 7.30. The van der Waals surface area contributed by atoms with Crippen LogP contribution in [0.5, 0.6) is 5.75 Å². The second-order valence-corrected chi connectivity index (χ2v) is 12.5. The van der Waals surface area contributed by atoms with Crippen LogP contribution >= 0.6 is 22.9 Å². The topological polar surface area (TPSA) is 146 Å². The molecule has 2 unspecified atom stereocenters. The average molecular weight is 642 g/mol. The lowest BCUT2D eigenvalue weighted by Crippen LogP contribution is -2.44. The van der Waals surface area contributed by atoms with Gasteiger partial charge in [-0.3, -0.25) is 14.3 Å². The summed E-state index contributed by atoms with van der Waals surface area (Å²) in [6, 6.07) is 10.1. The van der Waals surface area contributed by atoms with Crippen molar-refractivity contribution in [2.45, 2.75) is 45.3 Å². The number of benzene rings is 1. The number of carbonyl (C=O) groups is 1. The van der Waals surface area contributed by atoms with Gasteiger partial charge in [-0.15, -0.1) is 11.3 Å². The summed E-state index contributed by atoms with van der Waals surface area (Å²) < 4.78 is 8.52. The van der Waals surface area contributed by atoms with Crippen LogP contribution in [0.2, 0.25) is 5.02 Å². The number of piperazine rings is 1. The molecule has 13 heteroatoms. The summed E-state index contributed by atoms with van der Waals surface area (Å²) in [6.45, 7) is 5.53. The molecule has 1 aromatic carbocycles. The second kappa shape index (κ2) is 11.4. The van der Waals surface area contributed by atoms with Gasteiger partial charge in [-0.05, 0) is 44.0 Å². The molecule has 2 atom stereocenters. The minimum absolute atomic E-state index is 0.129. The van der Waals surface area contributed by atoms with E-state index in [0.717, 1.165) is 28.9 Å². The Bertz CT molecular complexity index is 2120. The predicted molar refractivity (Wildman–Crippen MR) is 173 cm³/mol. The Morgan fingerprint density at radius 2 is 2.13 bits per heavy atom. The van der Waals surface area contributed by atoms with Gasteiger partial charge in [-0.25, -0.2) is 14.8 Å². The minimum atomic E-state index is -1.03. The first-order valence-electron chi connectivity index (χ1n) is 14.7. The van der Waals surface area contributed by atoms with Gasteiger partial charge in [0.05, 0.1) is 39.4 Å². The average Bonchev–Trinajstić information content (AvgIpc) is 3.71. The first-order chi connectivity index (χ1) is 21.8. The number of carboxylic acid groups (broad SMARTS) is 1. The third-order valence-electron chi connectivity index (χ3n) is 8.44. The lowest BCUT2D eigenvalue weighted by Gasteiger charge is -2.29. The minimum Gasteiger partial charge on any atom is -0.491 e. The summed E-state index contributed by atoms with van der Waals surface area (Å²) in [4.78, 5) is 41.7. The van der Waals surface area contributed by atoms with E-state index in [2.05, 4.69) is 31.2 Å². The zero-order valence-corrected chi connectivity index (χ0v) is 26.1. The molecule has 11 nitrogen and oxygen atoms in total. The number of thiophene rings is 1. The van der Waals surface area contributed by atoms with Crippen molar-refractivity contribution in [3.63, 3.8) is 0 Å². The number of ether oxygens (including phenoxy) is 1. The van der Waals surface area contributed by atoms with Crippen LogP contribution in [0.3, 0.4) is 0 Å². The molecule has 4 aromatic heterocycles. The first kappa shape index (κ1) is 29.2. The number of aromatic carboxylic acids is 1. The summed E-state index contributed by atoms with van der Waals surface area (Å²) in [5, 5.41) is 25.7. The van der Waals surface area contributed by atoms with Crippen LogP contribution in [0.1, 0.15) is 40.8 Å². The maximum absolute atomic E-state index is 13.9. The molecule has 5 aromatic rings. The van der Waals surface area contributed by atoms with E-state index in [4.69, 9.17) is 16.3 Å². The number of hydrogen-bond donors (Lipinski definition) is 2. The number of anilines is 1. The molecule has 2 aliphatic rings. The number of hydrogen-bond acceptors (Lipinski definition) is 10. The quantitative estimate of drug-likeness (QED) is 0.242. The Morgan fingerprint density at radius 3 is 2.91 bits per heavy atom. The molecule has 1 aliphatic heterocycles. The van der Waals surface area contributed by atoms with E-state index < -0.39 is 5.97 Å². The van der Waals surface area contributed by atoms with Crippen molar-refractivity contribution < 1.29 is 14.6 Å². The van der Waals surface area contributed by atoms with Crippen molar-refractivity contribution in [1.29, 1.82) is 5.26 Å². The van der Waals surface area contributed by atoms with E-state index in [0.29, 0.717) is 58.0 Å². The summed E-state index contributed by atoms with van der Waals surface area (Å²) in [7, 11) is 0.